The van der Waals surface area contributed by atoms with Gasteiger partial charge >= 0.3 is 0 Å². The van der Waals surface area contributed by atoms with Gasteiger partial charge in [0.2, 0.25) is 5.91 Å². The normalized spacial score (nSPS) is 40.2. The smallest absolute Gasteiger partial charge is 0.220 e. The summed E-state index contributed by atoms with van der Waals surface area (Å²) in [4.78, 5) is 13.9. The quantitative estimate of drug-likeness (QED) is 0.176. The number of ether oxygens (including phenoxy) is 1. The topological polar surface area (TPSA) is 76.4 Å². The molecule has 5 saturated carbocycles. The van der Waals surface area contributed by atoms with Crippen LogP contribution in [-0.4, -0.2) is 26.9 Å². The van der Waals surface area contributed by atoms with Crippen molar-refractivity contribution in [2.24, 2.45) is 68.6 Å². The number of hydrogen-bond donors (Lipinski definition) is 2. The number of carbonyl (C=O) groups is 1. The molecule has 5 unspecified atom stereocenters. The number of hydrogen-bond acceptors (Lipinski definition) is 4. The number of aliphatic hydroxyl groups excluding tert-OH is 1. The molecule has 53 heavy (non-hydrogen) atoms. The fourth-order valence-corrected chi connectivity index (χ4v) is 15.0. The van der Waals surface area contributed by atoms with Crippen LogP contribution in [0, 0.1) is 68.5 Å². The zero-order valence-electron chi connectivity index (χ0n) is 35.6. The van der Waals surface area contributed by atoms with Crippen LogP contribution < -0.4 is 5.32 Å². The molecule has 0 radical (unpaired) electrons. The molecule has 5 aliphatic carbocycles. The minimum absolute atomic E-state index is 0.0164. The Kier molecular flexibility index (Phi) is 10.1. The summed E-state index contributed by atoms with van der Waals surface area (Å²) in [6.45, 7) is 37.6. The Morgan fingerprint density at radius 2 is 1.60 bits per heavy atom. The Morgan fingerprint density at radius 3 is 2.23 bits per heavy atom. The Labute approximate surface area is 323 Å². The van der Waals surface area contributed by atoms with E-state index in [4.69, 9.17) is 4.74 Å². The molecule has 0 saturated heterocycles. The Hall–Kier alpha value is -2.50. The van der Waals surface area contributed by atoms with Crippen LogP contribution in [0.2, 0.25) is 0 Å². The van der Waals surface area contributed by atoms with Crippen LogP contribution in [-0.2, 0) is 23.1 Å². The zero-order chi connectivity index (χ0) is 39.2. The highest BCUT2D eigenvalue weighted by atomic mass is 16.5. The molecule has 0 aliphatic heterocycles. The van der Waals surface area contributed by atoms with Crippen LogP contribution in [0.25, 0.3) is 0 Å². The fourth-order valence-electron chi connectivity index (χ4n) is 15.0. The lowest BCUT2D eigenvalue weighted by molar-refractivity contribution is -0.292. The van der Waals surface area contributed by atoms with E-state index in [9.17, 15) is 9.90 Å². The second kappa shape index (κ2) is 13.3. The lowest BCUT2D eigenvalue weighted by Crippen LogP contribution is -2.71. The predicted molar refractivity (Wildman–Crippen MR) is 217 cm³/mol. The lowest BCUT2D eigenvalue weighted by Gasteiger charge is -2.77. The maximum absolute atomic E-state index is 13.9. The van der Waals surface area contributed by atoms with Gasteiger partial charge in [0.05, 0.1) is 29.5 Å². The maximum atomic E-state index is 13.9. The molecule has 0 spiro atoms. The standard InChI is InChI=1S/C47H75N3O3/c1-30(2)35-15-22-47(28-39(52)48-29-34-25-31(3)49-50(34)14)24-23-43(10)36(40(35)47)16-20-46(13)44(11)19-18-38(42(8,9)37(44)17-21-45(43,46)12)53-33(5)27-41(6,7)26-32(4)51/h25,35-38,40,51H,1,4-5,15-24,26-29H2,2-3,6-14H3,(H,48,52)/t35?,36-,37?,38?,40?,43-,44+,45+,46?,47-/m1/s1. The molecule has 1 aromatic heterocycles. The summed E-state index contributed by atoms with van der Waals surface area (Å²) < 4.78 is 8.73. The number of allylic oxidation sites excluding steroid dienone is 3. The van der Waals surface area contributed by atoms with E-state index >= 15 is 0 Å². The molecule has 1 amide bonds. The first kappa shape index (κ1) is 40.2. The number of aliphatic hydroxyl groups is 1. The molecular formula is C47H75N3O3. The van der Waals surface area contributed by atoms with Gasteiger partial charge in [0, 0.05) is 31.7 Å². The molecule has 2 N–H and O–H groups in total. The van der Waals surface area contributed by atoms with E-state index in [2.05, 4.69) is 98.5 Å². The first-order chi connectivity index (χ1) is 24.5. The van der Waals surface area contributed by atoms with Gasteiger partial charge in [-0.3, -0.25) is 9.48 Å². The van der Waals surface area contributed by atoms with Crippen LogP contribution in [0.1, 0.15) is 157 Å². The summed E-state index contributed by atoms with van der Waals surface area (Å²) >= 11 is 0. The minimum atomic E-state index is -0.146. The van der Waals surface area contributed by atoms with Crippen molar-refractivity contribution >= 4 is 5.91 Å². The molecule has 6 rings (SSSR count). The van der Waals surface area contributed by atoms with Crippen molar-refractivity contribution in [2.45, 2.75) is 165 Å². The van der Waals surface area contributed by atoms with E-state index in [1.54, 1.807) is 0 Å². The summed E-state index contributed by atoms with van der Waals surface area (Å²) in [7, 11) is 1.96. The number of nitrogens with one attached hydrogen (secondary N) is 1. The second-order valence-electron chi connectivity index (χ2n) is 21.6. The lowest BCUT2D eigenvalue weighted by atomic mass is 9.27. The number of nitrogens with zero attached hydrogens (tertiary/aromatic N) is 2. The van der Waals surface area contributed by atoms with Crippen LogP contribution in [0.15, 0.2) is 42.9 Å². The van der Waals surface area contributed by atoms with Crippen molar-refractivity contribution in [1.82, 2.24) is 15.1 Å². The molecular weight excluding hydrogens is 655 g/mol. The maximum Gasteiger partial charge on any atom is 0.220 e. The van der Waals surface area contributed by atoms with Gasteiger partial charge in [-0.15, -0.1) is 0 Å². The third kappa shape index (κ3) is 6.27. The van der Waals surface area contributed by atoms with Crippen molar-refractivity contribution in [1.29, 1.82) is 0 Å². The molecule has 6 heteroatoms. The average Bonchev–Trinajstić information content (AvgIpc) is 3.57. The molecule has 5 fully saturated rings. The highest BCUT2D eigenvalue weighted by Crippen LogP contribution is 2.82. The molecule has 1 heterocycles. The monoisotopic (exact) mass is 730 g/mol. The zero-order valence-corrected chi connectivity index (χ0v) is 35.6. The molecule has 6 nitrogen and oxygen atoms in total. The molecule has 296 valence electrons. The molecule has 1 aromatic rings. The number of amides is 1. The van der Waals surface area contributed by atoms with E-state index in [-0.39, 0.29) is 55.7 Å². The van der Waals surface area contributed by atoms with Gasteiger partial charge < -0.3 is 15.2 Å². The van der Waals surface area contributed by atoms with Crippen LogP contribution >= 0.6 is 0 Å². The summed E-state index contributed by atoms with van der Waals surface area (Å²) in [5, 5.41) is 17.7. The summed E-state index contributed by atoms with van der Waals surface area (Å²) in [5.74, 6) is 3.43. The van der Waals surface area contributed by atoms with E-state index in [1.165, 1.54) is 50.5 Å². The minimum Gasteiger partial charge on any atom is -0.513 e. The third-order valence-corrected chi connectivity index (χ3v) is 17.9. The molecule has 5 aliphatic rings. The van der Waals surface area contributed by atoms with Crippen molar-refractivity contribution in [3.63, 3.8) is 0 Å². The Morgan fingerprint density at radius 1 is 0.943 bits per heavy atom. The van der Waals surface area contributed by atoms with Crippen molar-refractivity contribution in [2.75, 3.05) is 0 Å². The van der Waals surface area contributed by atoms with Crippen molar-refractivity contribution in [3.8, 4) is 0 Å². The Balaban J connectivity index is 1.24. The first-order valence-corrected chi connectivity index (χ1v) is 21.1. The largest absolute Gasteiger partial charge is 0.513 e. The number of carbonyl (C=O) groups excluding carboxylic acids is 1. The highest BCUT2D eigenvalue weighted by molar-refractivity contribution is 5.76. The van der Waals surface area contributed by atoms with E-state index < -0.39 is 0 Å². The summed E-state index contributed by atoms with van der Waals surface area (Å²) in [6.07, 6.45) is 13.9. The Bertz CT molecular complexity index is 1640. The average molecular weight is 730 g/mol. The van der Waals surface area contributed by atoms with Crippen LogP contribution in [0.3, 0.4) is 0 Å². The van der Waals surface area contributed by atoms with Gasteiger partial charge in [-0.1, -0.05) is 80.7 Å². The predicted octanol–water partition coefficient (Wildman–Crippen LogP) is 11.6. The fraction of sp³-hybridized carbons (Fsp3) is 0.787. The van der Waals surface area contributed by atoms with Crippen molar-refractivity contribution in [3.05, 3.63) is 54.3 Å². The molecule has 0 aromatic carbocycles. The first-order valence-electron chi connectivity index (χ1n) is 21.1. The second-order valence-corrected chi connectivity index (χ2v) is 21.6. The number of aryl methyl sites for hydroxylation is 2. The van der Waals surface area contributed by atoms with E-state index in [0.29, 0.717) is 43.1 Å². The summed E-state index contributed by atoms with van der Waals surface area (Å²) in [5.41, 5.74) is 4.09. The SMILES string of the molecule is C=C(O)CC(C)(C)CC(=C)OC1CC[C@@]2(C)C(CC[C@]3(C)C2(C)CC[C@@H]2C4C(C(=C)C)CC[C@]4(CC(=O)NCc4cc(C)nn4C)CC[C@]23C)C1(C)C. The van der Waals surface area contributed by atoms with Gasteiger partial charge in [-0.05, 0) is 140 Å². The molecule has 10 atom stereocenters. The van der Waals surface area contributed by atoms with Gasteiger partial charge in [-0.25, -0.2) is 0 Å². The van der Waals surface area contributed by atoms with Crippen molar-refractivity contribution < 1.29 is 14.6 Å². The third-order valence-electron chi connectivity index (χ3n) is 17.9. The highest BCUT2D eigenvalue weighted by Gasteiger charge is 2.75. The van der Waals surface area contributed by atoms with Gasteiger partial charge in [0.1, 0.15) is 6.10 Å². The van der Waals surface area contributed by atoms with E-state index in [1.807, 2.05) is 18.7 Å². The van der Waals surface area contributed by atoms with Gasteiger partial charge in [0.15, 0.2) is 0 Å². The number of fused-ring (bicyclic) bond motifs is 7. The summed E-state index contributed by atoms with van der Waals surface area (Å²) in [6, 6.07) is 2.08. The number of aromatic nitrogens is 2. The number of rotatable bonds is 11. The van der Waals surface area contributed by atoms with E-state index in [0.717, 1.165) is 42.8 Å². The van der Waals surface area contributed by atoms with Gasteiger partial charge in [0.25, 0.3) is 0 Å². The molecule has 0 bridgehead atoms. The van der Waals surface area contributed by atoms with Gasteiger partial charge in [-0.2, -0.15) is 5.10 Å². The van der Waals surface area contributed by atoms with Crippen LogP contribution in [0.4, 0.5) is 0 Å². The van der Waals surface area contributed by atoms with Crippen LogP contribution in [0.5, 0.6) is 0 Å².